The van der Waals surface area contributed by atoms with E-state index in [-0.39, 0.29) is 40.9 Å². The second-order valence-corrected chi connectivity index (χ2v) is 10.5. The molecule has 2 saturated carbocycles. The summed E-state index contributed by atoms with van der Waals surface area (Å²) in [7, 11) is 0. The maximum atomic E-state index is 10.9. The zero-order valence-electron chi connectivity index (χ0n) is 17.8. The van der Waals surface area contributed by atoms with Gasteiger partial charge in [0.05, 0.1) is 17.2 Å². The van der Waals surface area contributed by atoms with Gasteiger partial charge >= 0.3 is 0 Å². The number of aliphatic hydroxyl groups is 1. The summed E-state index contributed by atoms with van der Waals surface area (Å²) in [6, 6.07) is 1.80. The van der Waals surface area contributed by atoms with Gasteiger partial charge in [-0.1, -0.05) is 27.7 Å². The van der Waals surface area contributed by atoms with E-state index >= 15 is 0 Å². The van der Waals surface area contributed by atoms with E-state index in [2.05, 4.69) is 32.7 Å². The Morgan fingerprint density at radius 1 is 1.17 bits per heavy atom. The lowest BCUT2D eigenvalue weighted by Crippen LogP contribution is -3.00. The molecule has 5 N–H and O–H groups in total. The van der Waals surface area contributed by atoms with Crippen molar-refractivity contribution < 1.29 is 32.3 Å². The third kappa shape index (κ3) is 2.40. The number of nitrogens with one attached hydrogen (secondary N) is 1. The van der Waals surface area contributed by atoms with Crippen LogP contribution in [0, 0.1) is 22.7 Å². The molecular weight excluding hydrogens is 388 g/mol. The van der Waals surface area contributed by atoms with Crippen molar-refractivity contribution in [2.45, 2.75) is 78.0 Å². The molecule has 2 aliphatic heterocycles. The number of hydrogen-bond acceptors (Lipinski definition) is 4. The summed E-state index contributed by atoms with van der Waals surface area (Å²) in [5, 5.41) is 21.7. The van der Waals surface area contributed by atoms with E-state index in [1.807, 2.05) is 0 Å². The first-order valence-corrected chi connectivity index (χ1v) is 10.7. The topological polar surface area (TPSA) is 89.7 Å². The molecule has 0 radical (unpaired) electrons. The smallest absolute Gasteiger partial charge is 0.273 e. The van der Waals surface area contributed by atoms with Crippen LogP contribution in [0.5, 0.6) is 11.5 Å². The summed E-state index contributed by atoms with van der Waals surface area (Å²) in [6.07, 6.45) is 4.33. The molecule has 1 spiro atoms. The molecule has 5 rings (SSSR count). The number of phenols is 1. The minimum absolute atomic E-state index is 0. The van der Waals surface area contributed by atoms with Crippen molar-refractivity contribution in [1.29, 1.82) is 0 Å². The van der Waals surface area contributed by atoms with Crippen molar-refractivity contribution in [2.24, 2.45) is 28.4 Å². The predicted octanol–water partition coefficient (Wildman–Crippen LogP) is -1.40. The van der Waals surface area contributed by atoms with Gasteiger partial charge in [0.15, 0.2) is 0 Å². The summed E-state index contributed by atoms with van der Waals surface area (Å²) in [4.78, 5) is 3.21. The SMILES string of the molecule is C[C@H]1CC[C@H]2C(C)(C)[C@@H](O)CC[C@]23Oc2c(c(O)cc4c2C[NH+]=C4N)C[C@]13C.[Cl-]. The Labute approximate surface area is 179 Å². The normalized spacial score (nSPS) is 39.1. The fourth-order valence-electron chi connectivity index (χ4n) is 7.00. The van der Waals surface area contributed by atoms with Gasteiger partial charge in [-0.15, -0.1) is 0 Å². The van der Waals surface area contributed by atoms with E-state index in [4.69, 9.17) is 10.5 Å². The number of ether oxygens (including phenoxy) is 1. The molecule has 0 unspecified atom stereocenters. The Morgan fingerprint density at radius 3 is 2.62 bits per heavy atom. The number of rotatable bonds is 0. The Hall–Kier alpha value is -1.46. The lowest BCUT2D eigenvalue weighted by Gasteiger charge is -2.67. The van der Waals surface area contributed by atoms with Crippen molar-refractivity contribution in [3.63, 3.8) is 0 Å². The zero-order valence-corrected chi connectivity index (χ0v) is 18.6. The molecule has 5 nitrogen and oxygen atoms in total. The minimum atomic E-state index is -0.320. The van der Waals surface area contributed by atoms with Crippen LogP contribution in [0.3, 0.4) is 0 Å². The summed E-state index contributed by atoms with van der Waals surface area (Å²) < 4.78 is 7.08. The van der Waals surface area contributed by atoms with Gasteiger partial charge in [0.1, 0.15) is 23.6 Å². The Morgan fingerprint density at radius 2 is 1.90 bits per heavy atom. The van der Waals surface area contributed by atoms with Gasteiger partial charge in [-0.25, -0.2) is 0 Å². The standard InChI is InChI=1S/C23H32N2O3.ClH/c1-12-5-6-17-21(2,3)18(27)7-8-23(17)22(12,4)10-14-16(26)9-13-15(19(14)28-23)11-25-20(13)24;/h9,12,17-18,26-27H,5-8,10-11H2,1-4H3,(H2,24,25);1H/t12-,17-,18-,22+,23-;/m0./s1. The molecule has 0 amide bonds. The number of benzene rings is 1. The van der Waals surface area contributed by atoms with Gasteiger partial charge in [-0.3, -0.25) is 10.7 Å². The molecule has 160 valence electrons. The maximum absolute atomic E-state index is 10.9. The average Bonchev–Trinajstić information content (AvgIpc) is 3.00. The molecule has 2 aliphatic carbocycles. The summed E-state index contributed by atoms with van der Waals surface area (Å²) in [6.45, 7) is 9.74. The van der Waals surface area contributed by atoms with Crippen LogP contribution in [-0.4, -0.2) is 27.8 Å². The van der Waals surface area contributed by atoms with Crippen LogP contribution >= 0.6 is 0 Å². The Balaban J connectivity index is 0.00000205. The van der Waals surface area contributed by atoms with Crippen molar-refractivity contribution in [3.8, 4) is 11.5 Å². The van der Waals surface area contributed by atoms with Gasteiger partial charge in [0.2, 0.25) is 0 Å². The number of nitrogens with two attached hydrogens (primary N) is 1. The summed E-state index contributed by atoms with van der Waals surface area (Å²) in [5.41, 5.74) is 8.40. The number of nitrogen functional groups attached to an aromatic ring is 1. The Kier molecular flexibility index (Phi) is 4.50. The molecule has 6 heteroatoms. The monoisotopic (exact) mass is 420 g/mol. The second-order valence-electron chi connectivity index (χ2n) is 10.5. The molecule has 5 atom stereocenters. The van der Waals surface area contributed by atoms with E-state index in [1.54, 1.807) is 6.07 Å². The second kappa shape index (κ2) is 6.27. The highest BCUT2D eigenvalue weighted by Crippen LogP contribution is 2.66. The largest absolute Gasteiger partial charge is 1.00 e. The van der Waals surface area contributed by atoms with Crippen LogP contribution in [-0.2, 0) is 13.0 Å². The van der Waals surface area contributed by atoms with Gasteiger partial charge in [-0.2, -0.15) is 0 Å². The number of aromatic hydroxyl groups is 1. The highest BCUT2D eigenvalue weighted by molar-refractivity contribution is 5.97. The predicted molar refractivity (Wildman–Crippen MR) is 107 cm³/mol. The van der Waals surface area contributed by atoms with Crippen molar-refractivity contribution in [1.82, 2.24) is 0 Å². The van der Waals surface area contributed by atoms with Gasteiger partial charge in [-0.05, 0) is 49.5 Å². The van der Waals surface area contributed by atoms with Crippen molar-refractivity contribution in [3.05, 3.63) is 22.8 Å². The van der Waals surface area contributed by atoms with E-state index in [0.717, 1.165) is 54.5 Å². The van der Waals surface area contributed by atoms with Crippen LogP contribution < -0.4 is 27.9 Å². The zero-order chi connectivity index (χ0) is 20.1. The highest BCUT2D eigenvalue weighted by atomic mass is 35.5. The van der Waals surface area contributed by atoms with Crippen LogP contribution in [0.25, 0.3) is 0 Å². The molecule has 1 aromatic carbocycles. The number of halogens is 1. The fraction of sp³-hybridized carbons (Fsp3) is 0.696. The molecular formula is C23H33ClN2O3. The van der Waals surface area contributed by atoms with Crippen molar-refractivity contribution >= 4 is 5.84 Å². The van der Waals surface area contributed by atoms with Gasteiger partial charge in [0.25, 0.3) is 5.84 Å². The lowest BCUT2D eigenvalue weighted by atomic mass is 9.43. The first-order chi connectivity index (χ1) is 13.1. The van der Waals surface area contributed by atoms with E-state index in [1.165, 1.54) is 0 Å². The van der Waals surface area contributed by atoms with Crippen LogP contribution in [0.15, 0.2) is 6.07 Å². The molecule has 4 aliphatic rings. The van der Waals surface area contributed by atoms with Gasteiger partial charge in [0, 0.05) is 16.9 Å². The highest BCUT2D eigenvalue weighted by Gasteiger charge is 2.67. The van der Waals surface area contributed by atoms with E-state index < -0.39 is 0 Å². The minimum Gasteiger partial charge on any atom is -1.00 e. The summed E-state index contributed by atoms with van der Waals surface area (Å²) >= 11 is 0. The van der Waals surface area contributed by atoms with Crippen LogP contribution in [0.2, 0.25) is 0 Å². The summed E-state index contributed by atoms with van der Waals surface area (Å²) in [5.74, 6) is 2.51. The van der Waals surface area contributed by atoms with E-state index in [9.17, 15) is 10.2 Å². The van der Waals surface area contributed by atoms with Gasteiger partial charge < -0.3 is 27.4 Å². The molecule has 2 heterocycles. The molecule has 0 saturated heterocycles. The number of amidine groups is 1. The quantitative estimate of drug-likeness (QED) is 0.416. The number of hydrogen-bond donors (Lipinski definition) is 4. The first-order valence-electron chi connectivity index (χ1n) is 10.7. The van der Waals surface area contributed by atoms with E-state index in [0.29, 0.717) is 24.0 Å². The number of fused-ring (bicyclic) bond motifs is 3. The maximum Gasteiger partial charge on any atom is 0.273 e. The first kappa shape index (κ1) is 20.8. The van der Waals surface area contributed by atoms with Crippen molar-refractivity contribution in [2.75, 3.05) is 0 Å². The Bertz CT molecular complexity index is 899. The third-order valence-electron chi connectivity index (χ3n) is 9.09. The average molecular weight is 421 g/mol. The fourth-order valence-corrected chi connectivity index (χ4v) is 7.00. The lowest BCUT2D eigenvalue weighted by molar-refractivity contribution is -0.470. The van der Waals surface area contributed by atoms with Crippen LogP contribution in [0.4, 0.5) is 0 Å². The molecule has 2 fully saturated rings. The number of phenolic OH excluding ortho intramolecular Hbond substituents is 1. The number of aliphatic hydroxyl groups excluding tert-OH is 1. The third-order valence-corrected chi connectivity index (χ3v) is 9.09. The molecule has 29 heavy (non-hydrogen) atoms. The molecule has 0 aromatic heterocycles. The molecule has 0 bridgehead atoms. The van der Waals surface area contributed by atoms with Crippen LogP contribution in [0.1, 0.15) is 70.1 Å². The molecule has 1 aromatic rings.